The highest BCUT2D eigenvalue weighted by Crippen LogP contribution is 2.38. The molecule has 1 aromatic carbocycles. The van der Waals surface area contributed by atoms with Gasteiger partial charge >= 0.3 is 0 Å². The maximum atomic E-state index is 13.9. The summed E-state index contributed by atoms with van der Waals surface area (Å²) in [6.07, 6.45) is 0. The number of hydrogen-bond donors (Lipinski definition) is 1. The Balaban J connectivity index is 2.57. The van der Waals surface area contributed by atoms with Gasteiger partial charge < -0.3 is 5.32 Å². The highest BCUT2D eigenvalue weighted by molar-refractivity contribution is 7.19. The summed E-state index contributed by atoms with van der Waals surface area (Å²) in [6, 6.07) is 2.78. The average molecular weight is 283 g/mol. The standard InChI is InChI=1S/C15H19F2NS/c1-8(2)14-11-5-10(16)6-12(17)15(11)19-13(14)7-18-9(3)4/h5-6,8-9,18H,7H2,1-4H3. The van der Waals surface area contributed by atoms with Gasteiger partial charge in [-0.25, -0.2) is 8.78 Å². The van der Waals surface area contributed by atoms with E-state index in [0.717, 1.165) is 21.9 Å². The number of rotatable bonds is 4. The second kappa shape index (κ2) is 5.55. The van der Waals surface area contributed by atoms with Crippen LogP contribution in [0.1, 0.15) is 44.1 Å². The molecule has 0 saturated heterocycles. The Morgan fingerprint density at radius 3 is 2.42 bits per heavy atom. The van der Waals surface area contributed by atoms with Gasteiger partial charge in [0.2, 0.25) is 0 Å². The van der Waals surface area contributed by atoms with Gasteiger partial charge in [-0.15, -0.1) is 11.3 Å². The fourth-order valence-electron chi connectivity index (χ4n) is 2.25. The van der Waals surface area contributed by atoms with Crippen LogP contribution < -0.4 is 5.32 Å². The molecule has 1 aromatic heterocycles. The zero-order valence-electron chi connectivity index (χ0n) is 11.7. The van der Waals surface area contributed by atoms with Gasteiger partial charge in [-0.05, 0) is 17.5 Å². The van der Waals surface area contributed by atoms with Gasteiger partial charge in [-0.3, -0.25) is 0 Å². The van der Waals surface area contributed by atoms with Crippen LogP contribution in [-0.4, -0.2) is 6.04 Å². The molecule has 0 radical (unpaired) electrons. The Labute approximate surface area is 116 Å². The van der Waals surface area contributed by atoms with E-state index in [4.69, 9.17) is 0 Å². The lowest BCUT2D eigenvalue weighted by Gasteiger charge is -2.11. The molecule has 1 heterocycles. The SMILES string of the molecule is CC(C)NCc1sc2c(F)cc(F)cc2c1C(C)C. The van der Waals surface area contributed by atoms with Crippen molar-refractivity contribution >= 4 is 21.4 Å². The van der Waals surface area contributed by atoms with Crippen LogP contribution in [0.5, 0.6) is 0 Å². The second-order valence-electron chi connectivity index (χ2n) is 5.39. The summed E-state index contributed by atoms with van der Waals surface area (Å²) in [5, 5.41) is 4.07. The molecular formula is C15H19F2NS. The monoisotopic (exact) mass is 283 g/mol. The summed E-state index contributed by atoms with van der Waals surface area (Å²) in [7, 11) is 0. The number of benzene rings is 1. The predicted molar refractivity (Wildman–Crippen MR) is 77.8 cm³/mol. The Morgan fingerprint density at radius 2 is 1.84 bits per heavy atom. The zero-order valence-corrected chi connectivity index (χ0v) is 12.5. The molecule has 2 rings (SSSR count). The van der Waals surface area contributed by atoms with Gasteiger partial charge in [0, 0.05) is 28.9 Å². The molecule has 0 aliphatic heterocycles. The molecular weight excluding hydrogens is 264 g/mol. The van der Waals surface area contributed by atoms with Crippen molar-refractivity contribution in [1.29, 1.82) is 0 Å². The summed E-state index contributed by atoms with van der Waals surface area (Å²) in [4.78, 5) is 1.10. The minimum absolute atomic E-state index is 0.249. The molecule has 4 heteroatoms. The first-order valence-electron chi connectivity index (χ1n) is 6.53. The molecule has 0 aliphatic rings. The van der Waals surface area contributed by atoms with Crippen LogP contribution in [0.25, 0.3) is 10.1 Å². The van der Waals surface area contributed by atoms with E-state index in [1.165, 1.54) is 17.4 Å². The molecule has 1 N–H and O–H groups in total. The first-order valence-corrected chi connectivity index (χ1v) is 7.35. The predicted octanol–water partition coefficient (Wildman–Crippen LogP) is 4.80. The summed E-state index contributed by atoms with van der Waals surface area (Å²) in [6.45, 7) is 8.96. The van der Waals surface area contributed by atoms with Crippen LogP contribution in [0.4, 0.5) is 8.78 Å². The molecule has 0 atom stereocenters. The smallest absolute Gasteiger partial charge is 0.143 e. The highest BCUT2D eigenvalue weighted by atomic mass is 32.1. The normalized spacial score (nSPS) is 12.0. The number of hydrogen-bond acceptors (Lipinski definition) is 2. The van der Waals surface area contributed by atoms with E-state index in [0.29, 0.717) is 17.3 Å². The highest BCUT2D eigenvalue weighted by Gasteiger charge is 2.18. The Kier molecular flexibility index (Phi) is 4.21. The molecule has 104 valence electrons. The van der Waals surface area contributed by atoms with E-state index >= 15 is 0 Å². The van der Waals surface area contributed by atoms with Crippen LogP contribution in [-0.2, 0) is 6.54 Å². The molecule has 0 bridgehead atoms. The van der Waals surface area contributed by atoms with Crippen molar-refractivity contribution in [3.05, 3.63) is 34.2 Å². The minimum Gasteiger partial charge on any atom is -0.310 e. The fourth-order valence-corrected chi connectivity index (χ4v) is 3.55. The lowest BCUT2D eigenvalue weighted by molar-refractivity contribution is 0.589. The van der Waals surface area contributed by atoms with Gasteiger partial charge in [-0.1, -0.05) is 27.7 Å². The molecule has 19 heavy (non-hydrogen) atoms. The van der Waals surface area contributed by atoms with Gasteiger partial charge in [0.05, 0.1) is 4.70 Å². The Hall–Kier alpha value is -1.00. The summed E-state index contributed by atoms with van der Waals surface area (Å²) >= 11 is 1.43. The van der Waals surface area contributed by atoms with Crippen molar-refractivity contribution in [2.24, 2.45) is 0 Å². The van der Waals surface area contributed by atoms with E-state index in [1.807, 2.05) is 0 Å². The second-order valence-corrected chi connectivity index (χ2v) is 6.50. The van der Waals surface area contributed by atoms with Gasteiger partial charge in [-0.2, -0.15) is 0 Å². The van der Waals surface area contributed by atoms with Crippen LogP contribution in [0.2, 0.25) is 0 Å². The van der Waals surface area contributed by atoms with Crippen molar-refractivity contribution in [3.63, 3.8) is 0 Å². The van der Waals surface area contributed by atoms with E-state index in [-0.39, 0.29) is 5.92 Å². The first kappa shape index (κ1) is 14.4. The number of halogens is 2. The number of fused-ring (bicyclic) bond motifs is 1. The van der Waals surface area contributed by atoms with Crippen molar-refractivity contribution < 1.29 is 8.78 Å². The van der Waals surface area contributed by atoms with Crippen LogP contribution in [0.3, 0.4) is 0 Å². The molecule has 0 spiro atoms. The fraction of sp³-hybridized carbons (Fsp3) is 0.467. The number of thiophene rings is 1. The molecule has 0 saturated carbocycles. The van der Waals surface area contributed by atoms with Crippen LogP contribution in [0.15, 0.2) is 12.1 Å². The van der Waals surface area contributed by atoms with Crippen molar-refractivity contribution in [2.75, 3.05) is 0 Å². The van der Waals surface area contributed by atoms with Crippen LogP contribution >= 0.6 is 11.3 Å². The molecule has 1 nitrogen and oxygen atoms in total. The topological polar surface area (TPSA) is 12.0 Å². The van der Waals surface area contributed by atoms with Crippen LogP contribution in [0, 0.1) is 11.6 Å². The summed E-state index contributed by atoms with van der Waals surface area (Å²) < 4.78 is 27.8. The third-order valence-electron chi connectivity index (χ3n) is 3.07. The maximum Gasteiger partial charge on any atom is 0.143 e. The Morgan fingerprint density at radius 1 is 1.16 bits per heavy atom. The lowest BCUT2D eigenvalue weighted by atomic mass is 9.99. The quantitative estimate of drug-likeness (QED) is 0.849. The summed E-state index contributed by atoms with van der Waals surface area (Å²) in [5.74, 6) is -0.718. The molecule has 0 amide bonds. The minimum atomic E-state index is -0.506. The van der Waals surface area contributed by atoms with Crippen molar-refractivity contribution in [1.82, 2.24) is 5.32 Å². The van der Waals surface area contributed by atoms with Gasteiger partial charge in [0.25, 0.3) is 0 Å². The van der Waals surface area contributed by atoms with Crippen molar-refractivity contribution in [2.45, 2.75) is 46.2 Å². The third kappa shape index (κ3) is 2.95. The first-order chi connectivity index (χ1) is 8.90. The molecule has 0 aliphatic carbocycles. The Bertz CT molecular complexity index is 587. The molecule has 2 aromatic rings. The van der Waals surface area contributed by atoms with E-state index in [9.17, 15) is 8.78 Å². The maximum absolute atomic E-state index is 13.9. The van der Waals surface area contributed by atoms with Gasteiger partial charge in [0.1, 0.15) is 11.6 Å². The summed E-state index contributed by atoms with van der Waals surface area (Å²) in [5.41, 5.74) is 1.06. The van der Waals surface area contributed by atoms with E-state index in [1.54, 1.807) is 0 Å². The average Bonchev–Trinajstić information content (AvgIpc) is 2.64. The largest absolute Gasteiger partial charge is 0.310 e. The van der Waals surface area contributed by atoms with Crippen molar-refractivity contribution in [3.8, 4) is 0 Å². The number of nitrogens with one attached hydrogen (secondary N) is 1. The zero-order chi connectivity index (χ0) is 14.2. The van der Waals surface area contributed by atoms with E-state index in [2.05, 4.69) is 33.0 Å². The third-order valence-corrected chi connectivity index (χ3v) is 4.30. The van der Waals surface area contributed by atoms with E-state index < -0.39 is 11.6 Å². The molecule has 0 fully saturated rings. The molecule has 0 unspecified atom stereocenters. The van der Waals surface area contributed by atoms with Gasteiger partial charge in [0.15, 0.2) is 0 Å². The lowest BCUT2D eigenvalue weighted by Crippen LogP contribution is -2.21.